The molecule has 1 aromatic heterocycles. The summed E-state index contributed by atoms with van der Waals surface area (Å²) in [6.45, 7) is 0. The minimum absolute atomic E-state index is 0.572. The van der Waals surface area contributed by atoms with E-state index in [1.54, 1.807) is 12.3 Å². The van der Waals surface area contributed by atoms with E-state index >= 15 is 0 Å². The van der Waals surface area contributed by atoms with Crippen molar-refractivity contribution in [3.63, 3.8) is 0 Å². The number of rotatable bonds is 0. The van der Waals surface area contributed by atoms with E-state index in [4.69, 9.17) is 17.3 Å². The number of benzene rings is 1. The van der Waals surface area contributed by atoms with Crippen molar-refractivity contribution in [1.29, 1.82) is 0 Å². The van der Waals surface area contributed by atoms with Crippen molar-refractivity contribution in [2.75, 3.05) is 5.73 Å². The highest BCUT2D eigenvalue weighted by atomic mass is 35.5. The van der Waals surface area contributed by atoms with Crippen LogP contribution in [0.15, 0.2) is 30.5 Å². The van der Waals surface area contributed by atoms with Gasteiger partial charge in [0.25, 0.3) is 0 Å². The van der Waals surface area contributed by atoms with E-state index in [9.17, 15) is 0 Å². The quantitative estimate of drug-likeness (QED) is 0.630. The van der Waals surface area contributed by atoms with Gasteiger partial charge in [-0.25, -0.2) is 0 Å². The Morgan fingerprint density at radius 2 is 2.17 bits per heavy atom. The third-order valence-corrected chi connectivity index (χ3v) is 2.05. The molecule has 2 aromatic rings. The van der Waals surface area contributed by atoms with Crippen molar-refractivity contribution in [2.24, 2.45) is 0 Å². The molecule has 0 fully saturated rings. The lowest BCUT2D eigenvalue weighted by molar-refractivity contribution is 1.41. The van der Waals surface area contributed by atoms with Crippen LogP contribution in [0.5, 0.6) is 0 Å². The highest BCUT2D eigenvalue weighted by Gasteiger charge is 1.98. The number of nitrogens with zero attached hydrogens (tertiary/aromatic N) is 1. The van der Waals surface area contributed by atoms with E-state index in [1.165, 1.54) is 0 Å². The van der Waals surface area contributed by atoms with Crippen LogP contribution in [-0.4, -0.2) is 4.98 Å². The van der Waals surface area contributed by atoms with Crippen LogP contribution < -0.4 is 5.73 Å². The van der Waals surface area contributed by atoms with Gasteiger partial charge in [-0.1, -0.05) is 17.7 Å². The summed E-state index contributed by atoms with van der Waals surface area (Å²) in [5, 5.41) is 1.59. The molecule has 0 aliphatic heterocycles. The number of hydrogen-bond acceptors (Lipinski definition) is 2. The minimum atomic E-state index is 0.572. The van der Waals surface area contributed by atoms with E-state index in [1.807, 2.05) is 18.2 Å². The fourth-order valence-electron chi connectivity index (χ4n) is 1.11. The van der Waals surface area contributed by atoms with Crippen molar-refractivity contribution < 1.29 is 0 Å². The average Bonchev–Trinajstić information content (AvgIpc) is 2.07. The maximum atomic E-state index is 5.83. The molecular formula is C9H7ClN2. The van der Waals surface area contributed by atoms with Crippen LogP contribution in [0, 0.1) is 0 Å². The smallest absolute Gasteiger partial charge is 0.0723 e. The third-order valence-electron chi connectivity index (χ3n) is 1.72. The molecule has 0 aliphatic rings. The number of halogens is 1. The van der Waals surface area contributed by atoms with Gasteiger partial charge < -0.3 is 5.73 Å². The first-order valence-corrected chi connectivity index (χ1v) is 3.95. The molecule has 0 amide bonds. The number of hydrogen-bond donors (Lipinski definition) is 1. The molecule has 0 radical (unpaired) electrons. The molecule has 1 aromatic carbocycles. The van der Waals surface area contributed by atoms with Crippen LogP contribution in [0.4, 0.5) is 5.69 Å². The van der Waals surface area contributed by atoms with Crippen LogP contribution in [0.1, 0.15) is 0 Å². The molecule has 0 saturated carbocycles. The van der Waals surface area contributed by atoms with E-state index in [0.29, 0.717) is 10.7 Å². The monoisotopic (exact) mass is 178 g/mol. The minimum Gasteiger partial charge on any atom is -0.397 e. The predicted octanol–water partition coefficient (Wildman–Crippen LogP) is 2.47. The predicted molar refractivity (Wildman–Crippen MR) is 51.2 cm³/mol. The van der Waals surface area contributed by atoms with Gasteiger partial charge in [0.2, 0.25) is 0 Å². The van der Waals surface area contributed by atoms with Crippen LogP contribution in [0.3, 0.4) is 0 Å². The zero-order valence-corrected chi connectivity index (χ0v) is 7.05. The number of aromatic nitrogens is 1. The summed E-state index contributed by atoms with van der Waals surface area (Å²) in [4.78, 5) is 4.14. The number of pyridine rings is 1. The summed E-state index contributed by atoms with van der Waals surface area (Å²) in [6.07, 6.45) is 1.73. The Morgan fingerprint density at radius 3 is 3.00 bits per heavy atom. The second kappa shape index (κ2) is 2.64. The molecule has 0 atom stereocenters. The average molecular weight is 179 g/mol. The third kappa shape index (κ3) is 1.10. The van der Waals surface area contributed by atoms with Crippen molar-refractivity contribution >= 4 is 28.2 Å². The summed E-state index contributed by atoms with van der Waals surface area (Å²) in [6, 6.07) is 7.42. The summed E-state index contributed by atoms with van der Waals surface area (Å²) in [5.74, 6) is 0. The molecule has 0 unspecified atom stereocenters. The highest BCUT2D eigenvalue weighted by molar-refractivity contribution is 6.33. The molecule has 0 saturated heterocycles. The van der Waals surface area contributed by atoms with Crippen molar-refractivity contribution in [3.05, 3.63) is 35.5 Å². The van der Waals surface area contributed by atoms with E-state index in [2.05, 4.69) is 4.98 Å². The fourth-order valence-corrected chi connectivity index (χ4v) is 1.28. The molecule has 12 heavy (non-hydrogen) atoms. The second-order valence-corrected chi connectivity index (χ2v) is 2.98. The lowest BCUT2D eigenvalue weighted by atomic mass is 10.2. The molecule has 2 N–H and O–H groups in total. The first-order chi connectivity index (χ1) is 5.77. The SMILES string of the molecule is Nc1cc2ncccc2cc1Cl. The molecule has 2 rings (SSSR count). The van der Waals surface area contributed by atoms with Crippen LogP contribution >= 0.6 is 11.6 Å². The first kappa shape index (κ1) is 7.37. The maximum Gasteiger partial charge on any atom is 0.0723 e. The number of fused-ring (bicyclic) bond motifs is 1. The Bertz CT molecular complexity index is 385. The second-order valence-electron chi connectivity index (χ2n) is 2.57. The number of nitrogens with two attached hydrogens (primary N) is 1. The Kier molecular flexibility index (Phi) is 1.62. The van der Waals surface area contributed by atoms with E-state index in [-0.39, 0.29) is 0 Å². The highest BCUT2D eigenvalue weighted by Crippen LogP contribution is 2.23. The summed E-state index contributed by atoms with van der Waals surface area (Å²) < 4.78 is 0. The Morgan fingerprint density at radius 1 is 1.33 bits per heavy atom. The normalized spacial score (nSPS) is 10.4. The van der Waals surface area contributed by atoms with Gasteiger partial charge in [0.05, 0.1) is 16.2 Å². The molecule has 3 heteroatoms. The molecule has 0 bridgehead atoms. The lowest BCUT2D eigenvalue weighted by Crippen LogP contribution is -1.87. The van der Waals surface area contributed by atoms with Gasteiger partial charge >= 0.3 is 0 Å². The molecule has 2 nitrogen and oxygen atoms in total. The van der Waals surface area contributed by atoms with Crippen molar-refractivity contribution in [1.82, 2.24) is 4.98 Å². The summed E-state index contributed by atoms with van der Waals surface area (Å²) in [7, 11) is 0. The summed E-state index contributed by atoms with van der Waals surface area (Å²) >= 11 is 5.83. The van der Waals surface area contributed by atoms with Crippen LogP contribution in [0.2, 0.25) is 5.02 Å². The maximum absolute atomic E-state index is 5.83. The topological polar surface area (TPSA) is 38.9 Å². The first-order valence-electron chi connectivity index (χ1n) is 3.57. The number of anilines is 1. The van der Waals surface area contributed by atoms with E-state index in [0.717, 1.165) is 10.9 Å². The Labute approximate surface area is 75.0 Å². The van der Waals surface area contributed by atoms with Crippen molar-refractivity contribution in [3.8, 4) is 0 Å². The van der Waals surface area contributed by atoms with Gasteiger partial charge in [0.15, 0.2) is 0 Å². The Balaban J connectivity index is 2.84. The standard InChI is InChI=1S/C9H7ClN2/c10-7-4-6-2-1-3-12-9(6)5-8(7)11/h1-5H,11H2. The van der Waals surface area contributed by atoms with Gasteiger partial charge in [-0.05, 0) is 18.2 Å². The summed E-state index contributed by atoms with van der Waals surface area (Å²) in [5.41, 5.74) is 7.06. The largest absolute Gasteiger partial charge is 0.397 e. The fraction of sp³-hybridized carbons (Fsp3) is 0. The van der Waals surface area contributed by atoms with Gasteiger partial charge in [0, 0.05) is 11.6 Å². The van der Waals surface area contributed by atoms with Gasteiger partial charge in [-0.2, -0.15) is 0 Å². The zero-order chi connectivity index (χ0) is 8.55. The van der Waals surface area contributed by atoms with E-state index < -0.39 is 0 Å². The van der Waals surface area contributed by atoms with Crippen molar-refractivity contribution in [2.45, 2.75) is 0 Å². The Hall–Kier alpha value is -1.28. The van der Waals surface area contributed by atoms with Gasteiger partial charge in [0.1, 0.15) is 0 Å². The molecule has 0 spiro atoms. The molecular weight excluding hydrogens is 172 g/mol. The molecule has 60 valence electrons. The van der Waals surface area contributed by atoms with Gasteiger partial charge in [-0.15, -0.1) is 0 Å². The van der Waals surface area contributed by atoms with Crippen LogP contribution in [0.25, 0.3) is 10.9 Å². The van der Waals surface area contributed by atoms with Crippen LogP contribution in [-0.2, 0) is 0 Å². The molecule has 1 heterocycles. The zero-order valence-electron chi connectivity index (χ0n) is 6.29. The molecule has 0 aliphatic carbocycles. The number of nitrogen functional groups attached to an aromatic ring is 1. The van der Waals surface area contributed by atoms with Gasteiger partial charge in [-0.3, -0.25) is 4.98 Å². The lowest BCUT2D eigenvalue weighted by Gasteiger charge is -1.99.